The number of hydrogen-bond donors (Lipinski definition) is 1. The molecule has 5 nitrogen and oxygen atoms in total. The summed E-state index contributed by atoms with van der Waals surface area (Å²) in [5.41, 5.74) is 3.70. The van der Waals surface area contributed by atoms with Gasteiger partial charge in [-0.25, -0.2) is 0 Å². The van der Waals surface area contributed by atoms with Crippen molar-refractivity contribution < 1.29 is 19.4 Å². The Morgan fingerprint density at radius 3 is 2.56 bits per heavy atom. The molecule has 0 unspecified atom stereocenters. The van der Waals surface area contributed by atoms with Crippen LogP contribution in [-0.4, -0.2) is 23.6 Å². The predicted molar refractivity (Wildman–Crippen MR) is 104 cm³/mol. The lowest BCUT2D eigenvalue weighted by molar-refractivity contribution is -0.137. The summed E-state index contributed by atoms with van der Waals surface area (Å²) >= 11 is 0. The lowest BCUT2D eigenvalue weighted by Crippen LogP contribution is -2.22. The molecule has 3 rings (SSSR count). The molecule has 27 heavy (non-hydrogen) atoms. The van der Waals surface area contributed by atoms with Gasteiger partial charge in [-0.15, -0.1) is 0 Å². The Hall–Kier alpha value is -2.82. The molecule has 0 radical (unpaired) electrons. The summed E-state index contributed by atoms with van der Waals surface area (Å²) in [7, 11) is 0. The number of anilines is 1. The lowest BCUT2D eigenvalue weighted by atomic mass is 10.1. The second-order valence-electron chi connectivity index (χ2n) is 6.92. The minimum absolute atomic E-state index is 0.00738. The SMILES string of the molecule is Cc1ccc(N2Cc3c(OCCCCCCC(=O)O)cccc3C2=O)cc1. The van der Waals surface area contributed by atoms with Crippen LogP contribution in [0.15, 0.2) is 42.5 Å². The van der Waals surface area contributed by atoms with E-state index >= 15 is 0 Å². The molecule has 1 N–H and O–H groups in total. The van der Waals surface area contributed by atoms with Gasteiger partial charge in [-0.2, -0.15) is 0 Å². The fourth-order valence-corrected chi connectivity index (χ4v) is 3.29. The van der Waals surface area contributed by atoms with E-state index in [2.05, 4.69) is 0 Å². The van der Waals surface area contributed by atoms with E-state index in [1.807, 2.05) is 49.4 Å². The highest BCUT2D eigenvalue weighted by Gasteiger charge is 2.30. The van der Waals surface area contributed by atoms with E-state index in [9.17, 15) is 9.59 Å². The molecule has 0 aliphatic carbocycles. The Labute approximate surface area is 159 Å². The maximum Gasteiger partial charge on any atom is 0.303 e. The van der Waals surface area contributed by atoms with Crippen LogP contribution in [0.25, 0.3) is 0 Å². The largest absolute Gasteiger partial charge is 0.493 e. The van der Waals surface area contributed by atoms with Gasteiger partial charge in [-0.05, 0) is 44.0 Å². The monoisotopic (exact) mass is 367 g/mol. The normalized spacial score (nSPS) is 12.9. The summed E-state index contributed by atoms with van der Waals surface area (Å²) in [5, 5.41) is 8.64. The second kappa shape index (κ2) is 8.71. The fourth-order valence-electron chi connectivity index (χ4n) is 3.29. The second-order valence-corrected chi connectivity index (χ2v) is 6.92. The number of carbonyl (C=O) groups excluding carboxylic acids is 1. The van der Waals surface area contributed by atoms with E-state index in [1.54, 1.807) is 4.90 Å². The molecule has 1 amide bonds. The number of carboxylic acids is 1. The molecule has 0 atom stereocenters. The van der Waals surface area contributed by atoms with Gasteiger partial charge in [-0.1, -0.05) is 36.6 Å². The topological polar surface area (TPSA) is 66.8 Å². The van der Waals surface area contributed by atoms with Crippen molar-refractivity contribution in [3.63, 3.8) is 0 Å². The third-order valence-corrected chi connectivity index (χ3v) is 4.81. The molecule has 0 saturated carbocycles. The molecular weight excluding hydrogens is 342 g/mol. The van der Waals surface area contributed by atoms with Gasteiger partial charge in [0, 0.05) is 23.2 Å². The van der Waals surface area contributed by atoms with Gasteiger partial charge in [0.1, 0.15) is 5.75 Å². The van der Waals surface area contributed by atoms with Crippen molar-refractivity contribution in [3.8, 4) is 5.75 Å². The summed E-state index contributed by atoms with van der Waals surface area (Å²) in [6.45, 7) is 3.12. The number of aliphatic carboxylic acids is 1. The number of hydrogen-bond acceptors (Lipinski definition) is 3. The maximum atomic E-state index is 12.8. The Morgan fingerprint density at radius 2 is 1.81 bits per heavy atom. The molecule has 142 valence electrons. The molecule has 0 saturated heterocycles. The number of amides is 1. The van der Waals surface area contributed by atoms with Crippen LogP contribution in [0.3, 0.4) is 0 Å². The number of rotatable bonds is 9. The number of carbonyl (C=O) groups is 2. The van der Waals surface area contributed by atoms with Crippen molar-refractivity contribution in [3.05, 3.63) is 59.2 Å². The molecule has 2 aromatic rings. The third kappa shape index (κ3) is 4.67. The van der Waals surface area contributed by atoms with Crippen LogP contribution in [0.1, 0.15) is 53.6 Å². The van der Waals surface area contributed by atoms with E-state index in [0.29, 0.717) is 25.1 Å². The van der Waals surface area contributed by atoms with E-state index < -0.39 is 5.97 Å². The van der Waals surface area contributed by atoms with Gasteiger partial charge in [0.15, 0.2) is 0 Å². The van der Waals surface area contributed by atoms with Crippen molar-refractivity contribution in [1.29, 1.82) is 0 Å². The van der Waals surface area contributed by atoms with Gasteiger partial charge < -0.3 is 14.7 Å². The van der Waals surface area contributed by atoms with E-state index in [4.69, 9.17) is 9.84 Å². The number of aryl methyl sites for hydroxylation is 1. The first kappa shape index (κ1) is 19.0. The van der Waals surface area contributed by atoms with Crippen molar-refractivity contribution in [2.75, 3.05) is 11.5 Å². The Balaban J connectivity index is 1.57. The first-order valence-electron chi connectivity index (χ1n) is 9.41. The molecule has 0 spiro atoms. The zero-order valence-electron chi connectivity index (χ0n) is 15.6. The summed E-state index contributed by atoms with van der Waals surface area (Å²) in [6, 6.07) is 13.6. The number of benzene rings is 2. The number of carboxylic acid groups (broad SMARTS) is 1. The predicted octanol–water partition coefficient (Wildman–Crippen LogP) is 4.57. The number of nitrogens with zero attached hydrogens (tertiary/aromatic N) is 1. The van der Waals surface area contributed by atoms with Gasteiger partial charge in [-0.3, -0.25) is 9.59 Å². The summed E-state index contributed by atoms with van der Waals surface area (Å²) in [6.07, 6.45) is 3.64. The zero-order chi connectivity index (χ0) is 19.2. The minimum atomic E-state index is -0.742. The molecule has 0 fully saturated rings. The van der Waals surface area contributed by atoms with Gasteiger partial charge >= 0.3 is 5.97 Å². The van der Waals surface area contributed by atoms with Gasteiger partial charge in [0.2, 0.25) is 0 Å². The number of ether oxygens (including phenoxy) is 1. The van der Waals surface area contributed by atoms with Gasteiger partial charge in [0.25, 0.3) is 5.91 Å². The average Bonchev–Trinajstić information content (AvgIpc) is 2.99. The third-order valence-electron chi connectivity index (χ3n) is 4.81. The van der Waals surface area contributed by atoms with Crippen LogP contribution in [0.2, 0.25) is 0 Å². The van der Waals surface area contributed by atoms with E-state index in [0.717, 1.165) is 41.8 Å². The molecular formula is C22H25NO4. The standard InChI is InChI=1S/C22H25NO4/c1-16-10-12-17(13-11-16)23-15-19-18(22(23)26)7-6-8-20(19)27-14-5-3-2-4-9-21(24)25/h6-8,10-13H,2-5,9,14-15H2,1H3,(H,24,25). The zero-order valence-corrected chi connectivity index (χ0v) is 15.6. The average molecular weight is 367 g/mol. The molecule has 1 aliphatic heterocycles. The molecule has 0 bridgehead atoms. The van der Waals surface area contributed by atoms with Crippen LogP contribution >= 0.6 is 0 Å². The molecule has 1 heterocycles. The highest BCUT2D eigenvalue weighted by atomic mass is 16.5. The van der Waals surface area contributed by atoms with Crippen LogP contribution in [0.4, 0.5) is 5.69 Å². The Bertz CT molecular complexity index is 814. The molecule has 5 heteroatoms. The van der Waals surface area contributed by atoms with Crippen molar-refractivity contribution in [2.24, 2.45) is 0 Å². The highest BCUT2D eigenvalue weighted by Crippen LogP contribution is 2.34. The summed E-state index contributed by atoms with van der Waals surface area (Å²) in [4.78, 5) is 25.0. The van der Waals surface area contributed by atoms with Gasteiger partial charge in [0.05, 0.1) is 13.2 Å². The first-order chi connectivity index (χ1) is 13.1. The number of fused-ring (bicyclic) bond motifs is 1. The smallest absolute Gasteiger partial charge is 0.303 e. The van der Waals surface area contributed by atoms with Crippen LogP contribution < -0.4 is 9.64 Å². The van der Waals surface area contributed by atoms with Crippen molar-refractivity contribution in [2.45, 2.75) is 45.6 Å². The van der Waals surface area contributed by atoms with Crippen molar-refractivity contribution in [1.82, 2.24) is 0 Å². The Morgan fingerprint density at radius 1 is 1.07 bits per heavy atom. The highest BCUT2D eigenvalue weighted by molar-refractivity contribution is 6.10. The minimum Gasteiger partial charge on any atom is -0.493 e. The summed E-state index contributed by atoms with van der Waals surface area (Å²) < 4.78 is 5.93. The molecule has 1 aliphatic rings. The molecule has 0 aromatic heterocycles. The van der Waals surface area contributed by atoms with Crippen LogP contribution in [0, 0.1) is 6.92 Å². The van der Waals surface area contributed by atoms with Crippen LogP contribution in [-0.2, 0) is 11.3 Å². The number of unbranched alkanes of at least 4 members (excludes halogenated alkanes) is 3. The maximum absolute atomic E-state index is 12.8. The lowest BCUT2D eigenvalue weighted by Gasteiger charge is -2.16. The van der Waals surface area contributed by atoms with Crippen molar-refractivity contribution >= 4 is 17.6 Å². The first-order valence-corrected chi connectivity index (χ1v) is 9.41. The molecule has 2 aromatic carbocycles. The van der Waals surface area contributed by atoms with E-state index in [-0.39, 0.29) is 12.3 Å². The van der Waals surface area contributed by atoms with E-state index in [1.165, 1.54) is 0 Å². The fraction of sp³-hybridized carbons (Fsp3) is 0.364. The van der Waals surface area contributed by atoms with Crippen LogP contribution in [0.5, 0.6) is 5.75 Å². The Kier molecular flexibility index (Phi) is 6.12. The summed E-state index contributed by atoms with van der Waals surface area (Å²) in [5.74, 6) is 0.0304. The quantitative estimate of drug-likeness (QED) is 0.659.